The van der Waals surface area contributed by atoms with Crippen LogP contribution in [0.15, 0.2) is 42.7 Å². The molecule has 0 unspecified atom stereocenters. The van der Waals surface area contributed by atoms with Gasteiger partial charge in [0.05, 0.1) is 4.92 Å². The normalized spacial score (nSPS) is 15.0. The molecular formula is C20H22N4O4. The lowest BCUT2D eigenvalue weighted by molar-refractivity contribution is -0.384. The quantitative estimate of drug-likeness (QED) is 0.588. The zero-order valence-electron chi connectivity index (χ0n) is 15.6. The molecule has 2 N–H and O–H groups in total. The summed E-state index contributed by atoms with van der Waals surface area (Å²) in [6.45, 7) is 1.91. The molecular weight excluding hydrogens is 360 g/mol. The fourth-order valence-corrected chi connectivity index (χ4v) is 3.73. The van der Waals surface area contributed by atoms with Gasteiger partial charge in [-0.3, -0.25) is 24.7 Å². The number of hydrogen-bond donors (Lipinski definition) is 2. The standard InChI is InChI=1S/C20H22N4O4/c1-14(25)22-13-20(8-2-3-9-20)16-4-5-17(18(12-16)24(27)28)23-19(26)15-6-10-21-11-7-15/h4-7,10-12H,2-3,8-9,13H2,1H3,(H,22,25)(H,23,26). The minimum atomic E-state index is -0.493. The first-order valence-electron chi connectivity index (χ1n) is 9.16. The first kappa shape index (κ1) is 19.5. The Morgan fingerprint density at radius 2 is 1.86 bits per heavy atom. The molecule has 2 aromatic rings. The second kappa shape index (κ2) is 8.16. The lowest BCUT2D eigenvalue weighted by Gasteiger charge is -2.30. The van der Waals surface area contributed by atoms with E-state index in [4.69, 9.17) is 0 Å². The van der Waals surface area contributed by atoms with Crippen molar-refractivity contribution in [2.24, 2.45) is 0 Å². The maximum atomic E-state index is 12.4. The van der Waals surface area contributed by atoms with Crippen molar-refractivity contribution >= 4 is 23.2 Å². The Bertz CT molecular complexity index is 892. The molecule has 1 aliphatic carbocycles. The number of carbonyl (C=O) groups is 2. The van der Waals surface area contributed by atoms with Crippen molar-refractivity contribution in [3.05, 3.63) is 64.0 Å². The number of nitro benzene ring substituents is 1. The smallest absolute Gasteiger partial charge is 0.293 e. The van der Waals surface area contributed by atoms with E-state index in [-0.39, 0.29) is 22.7 Å². The van der Waals surface area contributed by atoms with E-state index in [1.54, 1.807) is 6.07 Å². The van der Waals surface area contributed by atoms with Gasteiger partial charge in [0.2, 0.25) is 5.91 Å². The molecule has 28 heavy (non-hydrogen) atoms. The molecule has 0 spiro atoms. The van der Waals surface area contributed by atoms with Gasteiger partial charge in [-0.25, -0.2) is 0 Å². The molecule has 0 atom stereocenters. The molecule has 1 aromatic heterocycles. The average Bonchev–Trinajstić information content (AvgIpc) is 3.17. The molecule has 0 saturated heterocycles. The summed E-state index contributed by atoms with van der Waals surface area (Å²) >= 11 is 0. The summed E-state index contributed by atoms with van der Waals surface area (Å²) in [6.07, 6.45) is 6.69. The number of nitrogens with one attached hydrogen (secondary N) is 2. The molecule has 1 aliphatic rings. The minimum Gasteiger partial charge on any atom is -0.355 e. The maximum Gasteiger partial charge on any atom is 0.293 e. The Kier molecular flexibility index (Phi) is 5.67. The first-order valence-corrected chi connectivity index (χ1v) is 9.16. The highest BCUT2D eigenvalue weighted by Gasteiger charge is 2.37. The highest BCUT2D eigenvalue weighted by molar-refractivity contribution is 6.05. The summed E-state index contributed by atoms with van der Waals surface area (Å²) in [7, 11) is 0. The van der Waals surface area contributed by atoms with Crippen molar-refractivity contribution in [1.82, 2.24) is 10.3 Å². The third-order valence-corrected chi connectivity index (χ3v) is 5.23. The second-order valence-corrected chi connectivity index (χ2v) is 7.08. The van der Waals surface area contributed by atoms with Gasteiger partial charge in [-0.05, 0) is 36.6 Å². The van der Waals surface area contributed by atoms with Gasteiger partial charge in [0.15, 0.2) is 0 Å². The van der Waals surface area contributed by atoms with Crippen molar-refractivity contribution in [1.29, 1.82) is 0 Å². The van der Waals surface area contributed by atoms with E-state index in [1.165, 1.54) is 37.5 Å². The SMILES string of the molecule is CC(=O)NCC1(c2ccc(NC(=O)c3ccncc3)c([N+](=O)[O-])c2)CCCC1. The van der Waals surface area contributed by atoms with Crippen LogP contribution in [0.4, 0.5) is 11.4 Å². The lowest BCUT2D eigenvalue weighted by atomic mass is 9.78. The van der Waals surface area contributed by atoms with Gasteiger partial charge in [0.1, 0.15) is 5.69 Å². The van der Waals surface area contributed by atoms with Gasteiger partial charge in [-0.2, -0.15) is 0 Å². The van der Waals surface area contributed by atoms with Gasteiger partial charge in [0, 0.05) is 42.9 Å². The van der Waals surface area contributed by atoms with Gasteiger partial charge < -0.3 is 10.6 Å². The molecule has 2 amide bonds. The van der Waals surface area contributed by atoms with E-state index in [1.807, 2.05) is 6.07 Å². The minimum absolute atomic E-state index is 0.123. The largest absolute Gasteiger partial charge is 0.355 e. The molecule has 3 rings (SSSR count). The maximum absolute atomic E-state index is 12.4. The number of nitrogens with zero attached hydrogens (tertiary/aromatic N) is 2. The molecule has 8 nitrogen and oxygen atoms in total. The first-order chi connectivity index (χ1) is 13.4. The van der Waals surface area contributed by atoms with E-state index >= 15 is 0 Å². The zero-order chi connectivity index (χ0) is 20.1. The lowest BCUT2D eigenvalue weighted by Crippen LogP contribution is -2.38. The fraction of sp³-hybridized carbons (Fsp3) is 0.350. The summed E-state index contributed by atoms with van der Waals surface area (Å²) in [6, 6.07) is 7.98. The molecule has 1 fully saturated rings. The van der Waals surface area contributed by atoms with Crippen LogP contribution in [0.3, 0.4) is 0 Å². The second-order valence-electron chi connectivity index (χ2n) is 7.08. The van der Waals surface area contributed by atoms with E-state index in [2.05, 4.69) is 15.6 Å². The number of rotatable bonds is 6. The number of amides is 2. The number of aromatic nitrogens is 1. The van der Waals surface area contributed by atoms with E-state index < -0.39 is 10.8 Å². The average molecular weight is 382 g/mol. The molecule has 1 saturated carbocycles. The predicted octanol–water partition coefficient (Wildman–Crippen LogP) is 3.19. The number of pyridine rings is 1. The van der Waals surface area contributed by atoms with E-state index in [0.717, 1.165) is 31.2 Å². The van der Waals surface area contributed by atoms with Crippen molar-refractivity contribution < 1.29 is 14.5 Å². The summed E-state index contributed by atoms with van der Waals surface area (Å²) in [5.74, 6) is -0.561. The van der Waals surface area contributed by atoms with Gasteiger partial charge in [-0.1, -0.05) is 18.9 Å². The number of anilines is 1. The van der Waals surface area contributed by atoms with Crippen LogP contribution in [0.5, 0.6) is 0 Å². The monoisotopic (exact) mass is 382 g/mol. The summed E-state index contributed by atoms with van der Waals surface area (Å²) < 4.78 is 0. The van der Waals surface area contributed by atoms with Crippen LogP contribution in [0.2, 0.25) is 0 Å². The Labute approximate surface area is 162 Å². The van der Waals surface area contributed by atoms with Crippen LogP contribution in [-0.2, 0) is 10.2 Å². The Morgan fingerprint density at radius 1 is 1.18 bits per heavy atom. The number of hydrogen-bond acceptors (Lipinski definition) is 5. The van der Waals surface area contributed by atoms with Crippen LogP contribution in [0.25, 0.3) is 0 Å². The number of nitro groups is 1. The van der Waals surface area contributed by atoms with Crippen LogP contribution in [-0.4, -0.2) is 28.3 Å². The van der Waals surface area contributed by atoms with Gasteiger partial charge >= 0.3 is 0 Å². The predicted molar refractivity (Wildman–Crippen MR) is 104 cm³/mol. The third kappa shape index (κ3) is 4.16. The molecule has 146 valence electrons. The summed E-state index contributed by atoms with van der Waals surface area (Å²) in [5.41, 5.74) is 0.847. The Morgan fingerprint density at radius 3 is 2.46 bits per heavy atom. The number of carbonyl (C=O) groups excluding carboxylic acids is 2. The van der Waals surface area contributed by atoms with Crippen LogP contribution < -0.4 is 10.6 Å². The van der Waals surface area contributed by atoms with E-state index in [0.29, 0.717) is 12.1 Å². The molecule has 0 radical (unpaired) electrons. The van der Waals surface area contributed by atoms with Crippen molar-refractivity contribution in [2.45, 2.75) is 38.0 Å². The van der Waals surface area contributed by atoms with Crippen molar-refractivity contribution in [3.8, 4) is 0 Å². The van der Waals surface area contributed by atoms with Crippen molar-refractivity contribution in [3.63, 3.8) is 0 Å². The van der Waals surface area contributed by atoms with Gasteiger partial charge in [0.25, 0.3) is 11.6 Å². The third-order valence-electron chi connectivity index (χ3n) is 5.23. The molecule has 1 aromatic carbocycles. The fourth-order valence-electron chi connectivity index (χ4n) is 3.73. The van der Waals surface area contributed by atoms with Gasteiger partial charge in [-0.15, -0.1) is 0 Å². The summed E-state index contributed by atoms with van der Waals surface area (Å²) in [5, 5.41) is 17.1. The zero-order valence-corrected chi connectivity index (χ0v) is 15.6. The highest BCUT2D eigenvalue weighted by Crippen LogP contribution is 2.42. The topological polar surface area (TPSA) is 114 Å². The molecule has 8 heteroatoms. The van der Waals surface area contributed by atoms with E-state index in [9.17, 15) is 19.7 Å². The summed E-state index contributed by atoms with van der Waals surface area (Å²) in [4.78, 5) is 38.8. The number of benzene rings is 1. The Balaban J connectivity index is 1.91. The highest BCUT2D eigenvalue weighted by atomic mass is 16.6. The molecule has 0 aliphatic heterocycles. The molecule has 1 heterocycles. The van der Waals surface area contributed by atoms with Crippen molar-refractivity contribution in [2.75, 3.05) is 11.9 Å². The van der Waals surface area contributed by atoms with Crippen LogP contribution >= 0.6 is 0 Å². The molecule has 0 bridgehead atoms. The Hall–Kier alpha value is -3.29. The van der Waals surface area contributed by atoms with Crippen LogP contribution in [0, 0.1) is 10.1 Å². The van der Waals surface area contributed by atoms with Crippen LogP contribution in [0.1, 0.15) is 48.5 Å².